The molecule has 7 nitrogen and oxygen atoms in total. The molecule has 0 saturated heterocycles. The molecule has 3 aromatic rings. The molecular formula is C20H22N4O3S. The van der Waals surface area contributed by atoms with Gasteiger partial charge in [0.1, 0.15) is 11.8 Å². The number of ether oxygens (including phenoxy) is 1. The number of carbonyl (C=O) groups excluding carboxylic acids is 1. The summed E-state index contributed by atoms with van der Waals surface area (Å²) in [6, 6.07) is 6.24. The Morgan fingerprint density at radius 1 is 1.36 bits per heavy atom. The summed E-state index contributed by atoms with van der Waals surface area (Å²) < 4.78 is 6.30. The Labute approximate surface area is 166 Å². The Morgan fingerprint density at radius 3 is 2.82 bits per heavy atom. The predicted octanol–water partition coefficient (Wildman–Crippen LogP) is 3.19. The highest BCUT2D eigenvalue weighted by Gasteiger charge is 2.26. The first-order valence-electron chi connectivity index (χ1n) is 9.32. The lowest BCUT2D eigenvalue weighted by Gasteiger charge is -2.17. The SMILES string of the molecule is COc1ccc(NC(=O)[C@@H](C)n2nnc3sc4c(c3c2=O)CC[C@H](C)C4)cc1. The molecule has 1 aliphatic rings. The van der Waals surface area contributed by atoms with E-state index in [1.165, 1.54) is 9.56 Å². The van der Waals surface area contributed by atoms with E-state index < -0.39 is 6.04 Å². The molecule has 1 N–H and O–H groups in total. The quantitative estimate of drug-likeness (QED) is 0.729. The van der Waals surface area contributed by atoms with Crippen LogP contribution in [0, 0.1) is 5.92 Å². The fourth-order valence-corrected chi connectivity index (χ4v) is 4.88. The van der Waals surface area contributed by atoms with Gasteiger partial charge in [-0.05, 0) is 61.9 Å². The molecule has 0 aliphatic heterocycles. The standard InChI is InChI=1S/C20H22N4O3S/c1-11-4-9-15-16(10-11)28-19-17(15)20(26)24(23-22-19)12(2)18(25)21-13-5-7-14(27-3)8-6-13/h5-8,11-12H,4,9-10H2,1-3H3,(H,21,25)/t11-,12+/m0/s1. The molecule has 0 radical (unpaired) electrons. The average molecular weight is 398 g/mol. The molecule has 146 valence electrons. The zero-order valence-corrected chi connectivity index (χ0v) is 16.9. The minimum atomic E-state index is -0.774. The predicted molar refractivity (Wildman–Crippen MR) is 109 cm³/mol. The Kier molecular flexibility index (Phi) is 4.89. The second-order valence-electron chi connectivity index (χ2n) is 7.26. The van der Waals surface area contributed by atoms with E-state index in [-0.39, 0.29) is 11.5 Å². The van der Waals surface area contributed by atoms with Gasteiger partial charge in [0, 0.05) is 10.6 Å². The molecule has 0 saturated carbocycles. The summed E-state index contributed by atoms with van der Waals surface area (Å²) >= 11 is 1.55. The molecule has 0 unspecified atom stereocenters. The first-order chi connectivity index (χ1) is 13.5. The molecule has 4 rings (SSSR count). The number of methoxy groups -OCH3 is 1. The van der Waals surface area contributed by atoms with E-state index in [9.17, 15) is 9.59 Å². The van der Waals surface area contributed by atoms with Crippen LogP contribution >= 0.6 is 11.3 Å². The number of thiophene rings is 1. The highest BCUT2D eigenvalue weighted by molar-refractivity contribution is 7.18. The second-order valence-corrected chi connectivity index (χ2v) is 8.35. The van der Waals surface area contributed by atoms with Gasteiger partial charge in [0.15, 0.2) is 4.83 Å². The van der Waals surface area contributed by atoms with Crippen LogP contribution in [0.1, 0.15) is 36.8 Å². The van der Waals surface area contributed by atoms with Crippen LogP contribution in [0.25, 0.3) is 10.2 Å². The van der Waals surface area contributed by atoms with Crippen molar-refractivity contribution in [3.63, 3.8) is 0 Å². The van der Waals surface area contributed by atoms with Crippen molar-refractivity contribution < 1.29 is 9.53 Å². The average Bonchev–Trinajstić information content (AvgIpc) is 3.06. The summed E-state index contributed by atoms with van der Waals surface area (Å²) in [6.07, 6.45) is 2.92. The summed E-state index contributed by atoms with van der Waals surface area (Å²) in [7, 11) is 1.58. The summed E-state index contributed by atoms with van der Waals surface area (Å²) in [5.41, 5.74) is 1.48. The molecule has 1 aromatic carbocycles. The van der Waals surface area contributed by atoms with E-state index in [1.54, 1.807) is 49.6 Å². The summed E-state index contributed by atoms with van der Waals surface area (Å²) in [5, 5.41) is 11.7. The maximum Gasteiger partial charge on any atom is 0.279 e. The number of rotatable bonds is 4. The Morgan fingerprint density at radius 2 is 2.11 bits per heavy atom. The van der Waals surface area contributed by atoms with Gasteiger partial charge in [-0.3, -0.25) is 9.59 Å². The number of hydrogen-bond donors (Lipinski definition) is 1. The first kappa shape index (κ1) is 18.6. The number of carbonyl (C=O) groups is 1. The lowest BCUT2D eigenvalue weighted by atomic mass is 9.89. The van der Waals surface area contributed by atoms with Gasteiger partial charge in [0.05, 0.1) is 12.5 Å². The molecule has 1 aliphatic carbocycles. The lowest BCUT2D eigenvalue weighted by molar-refractivity contribution is -0.119. The monoisotopic (exact) mass is 398 g/mol. The van der Waals surface area contributed by atoms with E-state index in [0.29, 0.717) is 27.6 Å². The molecule has 2 heterocycles. The summed E-state index contributed by atoms with van der Waals surface area (Å²) in [5.74, 6) is 0.999. The number of amides is 1. The number of aromatic nitrogens is 3. The fraction of sp³-hybridized carbons (Fsp3) is 0.400. The molecule has 1 amide bonds. The molecule has 8 heteroatoms. The van der Waals surface area contributed by atoms with Crippen molar-refractivity contribution in [3.05, 3.63) is 45.1 Å². The van der Waals surface area contributed by atoms with Gasteiger partial charge in [0.2, 0.25) is 5.91 Å². The van der Waals surface area contributed by atoms with Gasteiger partial charge in [-0.2, -0.15) is 4.68 Å². The van der Waals surface area contributed by atoms with E-state index >= 15 is 0 Å². The first-order valence-corrected chi connectivity index (χ1v) is 10.1. The number of hydrogen-bond acceptors (Lipinski definition) is 6. The summed E-state index contributed by atoms with van der Waals surface area (Å²) in [4.78, 5) is 27.7. The normalized spacial score (nSPS) is 17.2. The minimum Gasteiger partial charge on any atom is -0.497 e. The van der Waals surface area contributed by atoms with Gasteiger partial charge in [-0.25, -0.2) is 0 Å². The molecule has 0 spiro atoms. The number of anilines is 1. The van der Waals surface area contributed by atoms with E-state index in [4.69, 9.17) is 4.74 Å². The van der Waals surface area contributed by atoms with Crippen molar-refractivity contribution in [1.29, 1.82) is 0 Å². The highest BCUT2D eigenvalue weighted by atomic mass is 32.1. The van der Waals surface area contributed by atoms with Crippen molar-refractivity contribution in [2.24, 2.45) is 5.92 Å². The number of nitrogens with one attached hydrogen (secondary N) is 1. The van der Waals surface area contributed by atoms with Crippen molar-refractivity contribution >= 4 is 33.1 Å². The van der Waals surface area contributed by atoms with Crippen LogP contribution in [-0.4, -0.2) is 28.0 Å². The van der Waals surface area contributed by atoms with Crippen LogP contribution in [0.4, 0.5) is 5.69 Å². The van der Waals surface area contributed by atoms with Crippen LogP contribution in [0.3, 0.4) is 0 Å². The van der Waals surface area contributed by atoms with Crippen molar-refractivity contribution in [3.8, 4) is 5.75 Å². The Bertz CT molecular complexity index is 1090. The molecule has 0 bridgehead atoms. The Hall–Kier alpha value is -2.74. The summed E-state index contributed by atoms with van der Waals surface area (Å²) in [6.45, 7) is 3.88. The topological polar surface area (TPSA) is 86.1 Å². The van der Waals surface area contributed by atoms with Gasteiger partial charge in [0.25, 0.3) is 5.56 Å². The Balaban J connectivity index is 1.63. The number of aryl methyl sites for hydroxylation is 1. The van der Waals surface area contributed by atoms with Crippen molar-refractivity contribution in [1.82, 2.24) is 15.0 Å². The van der Waals surface area contributed by atoms with Gasteiger partial charge >= 0.3 is 0 Å². The van der Waals surface area contributed by atoms with Crippen LogP contribution in [0.5, 0.6) is 5.75 Å². The van der Waals surface area contributed by atoms with Crippen molar-refractivity contribution in [2.75, 3.05) is 12.4 Å². The fourth-order valence-electron chi connectivity index (χ4n) is 3.56. The minimum absolute atomic E-state index is 0.241. The smallest absolute Gasteiger partial charge is 0.279 e. The van der Waals surface area contributed by atoms with Crippen LogP contribution in [0.15, 0.2) is 29.1 Å². The lowest BCUT2D eigenvalue weighted by Crippen LogP contribution is -2.34. The maximum atomic E-state index is 13.1. The second kappa shape index (κ2) is 7.35. The van der Waals surface area contributed by atoms with Crippen LogP contribution in [-0.2, 0) is 17.6 Å². The largest absolute Gasteiger partial charge is 0.497 e. The van der Waals surface area contributed by atoms with Gasteiger partial charge in [-0.15, -0.1) is 16.4 Å². The van der Waals surface area contributed by atoms with E-state index in [2.05, 4.69) is 22.6 Å². The van der Waals surface area contributed by atoms with Gasteiger partial charge < -0.3 is 10.1 Å². The maximum absolute atomic E-state index is 13.1. The zero-order chi connectivity index (χ0) is 19.8. The third kappa shape index (κ3) is 3.28. The number of benzene rings is 1. The van der Waals surface area contributed by atoms with Crippen LogP contribution in [0.2, 0.25) is 0 Å². The highest BCUT2D eigenvalue weighted by Crippen LogP contribution is 2.35. The third-order valence-corrected chi connectivity index (χ3v) is 6.39. The van der Waals surface area contributed by atoms with Crippen LogP contribution < -0.4 is 15.6 Å². The van der Waals surface area contributed by atoms with E-state index in [0.717, 1.165) is 24.8 Å². The molecular weight excluding hydrogens is 376 g/mol. The third-order valence-electron chi connectivity index (χ3n) is 5.25. The van der Waals surface area contributed by atoms with E-state index in [1.807, 2.05) is 0 Å². The molecule has 28 heavy (non-hydrogen) atoms. The molecule has 0 fully saturated rings. The number of nitrogens with zero attached hydrogens (tertiary/aromatic N) is 3. The zero-order valence-electron chi connectivity index (χ0n) is 16.1. The number of fused-ring (bicyclic) bond motifs is 3. The molecule has 2 atom stereocenters. The van der Waals surface area contributed by atoms with Crippen molar-refractivity contribution in [2.45, 2.75) is 39.2 Å². The van der Waals surface area contributed by atoms with Gasteiger partial charge in [-0.1, -0.05) is 12.1 Å². The molecule has 2 aromatic heterocycles.